The SMILES string of the molecule is O=C(COC(=O)c1ccccc1Cc1ccccc1)Nc1ccccc1OC(F)F. The molecule has 1 N–H and O–H groups in total. The summed E-state index contributed by atoms with van der Waals surface area (Å²) in [6.07, 6.45) is 0.538. The second kappa shape index (κ2) is 10.2. The van der Waals surface area contributed by atoms with Gasteiger partial charge < -0.3 is 14.8 Å². The van der Waals surface area contributed by atoms with Crippen molar-refractivity contribution in [1.82, 2.24) is 0 Å². The molecule has 0 saturated carbocycles. The van der Waals surface area contributed by atoms with Crippen LogP contribution >= 0.6 is 0 Å². The van der Waals surface area contributed by atoms with Crippen LogP contribution in [0.1, 0.15) is 21.5 Å². The van der Waals surface area contributed by atoms with Crippen molar-refractivity contribution < 1.29 is 27.8 Å². The molecule has 0 aliphatic rings. The molecular formula is C23H19F2NO4. The van der Waals surface area contributed by atoms with Gasteiger partial charge in [0.1, 0.15) is 5.75 Å². The summed E-state index contributed by atoms with van der Waals surface area (Å²) >= 11 is 0. The molecule has 30 heavy (non-hydrogen) atoms. The van der Waals surface area contributed by atoms with Crippen LogP contribution in [-0.2, 0) is 16.0 Å². The Morgan fingerprint density at radius 2 is 1.53 bits per heavy atom. The molecule has 3 aromatic carbocycles. The van der Waals surface area contributed by atoms with Gasteiger partial charge in [-0.05, 0) is 35.7 Å². The van der Waals surface area contributed by atoms with Gasteiger partial charge in [-0.3, -0.25) is 4.79 Å². The van der Waals surface area contributed by atoms with Gasteiger partial charge in [0, 0.05) is 0 Å². The molecule has 0 heterocycles. The van der Waals surface area contributed by atoms with Crippen LogP contribution in [0.3, 0.4) is 0 Å². The maximum Gasteiger partial charge on any atom is 0.387 e. The van der Waals surface area contributed by atoms with Crippen LogP contribution in [0.2, 0.25) is 0 Å². The number of anilines is 1. The van der Waals surface area contributed by atoms with Gasteiger partial charge in [-0.1, -0.05) is 60.7 Å². The number of esters is 1. The molecule has 0 atom stereocenters. The van der Waals surface area contributed by atoms with E-state index >= 15 is 0 Å². The Hall–Kier alpha value is -3.74. The third-order valence-corrected chi connectivity index (χ3v) is 4.19. The molecule has 5 nitrogen and oxygen atoms in total. The van der Waals surface area contributed by atoms with Crippen molar-refractivity contribution in [3.05, 3.63) is 95.6 Å². The number of carbonyl (C=O) groups excluding carboxylic acids is 2. The minimum absolute atomic E-state index is 0.0586. The molecule has 3 rings (SSSR count). The molecule has 0 unspecified atom stereocenters. The highest BCUT2D eigenvalue weighted by Crippen LogP contribution is 2.25. The molecule has 0 radical (unpaired) electrons. The molecule has 0 aliphatic carbocycles. The lowest BCUT2D eigenvalue weighted by Gasteiger charge is -2.12. The average Bonchev–Trinajstić information content (AvgIpc) is 2.74. The van der Waals surface area contributed by atoms with E-state index in [9.17, 15) is 18.4 Å². The van der Waals surface area contributed by atoms with Crippen LogP contribution in [-0.4, -0.2) is 25.1 Å². The summed E-state index contributed by atoms with van der Waals surface area (Å²) < 4.78 is 34.4. The molecular weight excluding hydrogens is 392 g/mol. The van der Waals surface area contributed by atoms with E-state index in [4.69, 9.17) is 4.74 Å². The maximum atomic E-state index is 12.5. The lowest BCUT2D eigenvalue weighted by atomic mass is 10.00. The maximum absolute atomic E-state index is 12.5. The van der Waals surface area contributed by atoms with Gasteiger partial charge in [-0.15, -0.1) is 0 Å². The highest BCUT2D eigenvalue weighted by molar-refractivity contribution is 5.96. The number of halogens is 2. The van der Waals surface area contributed by atoms with Gasteiger partial charge >= 0.3 is 12.6 Å². The number of hydrogen-bond donors (Lipinski definition) is 1. The smallest absolute Gasteiger partial charge is 0.387 e. The van der Waals surface area contributed by atoms with E-state index in [0.29, 0.717) is 12.0 Å². The molecule has 0 spiro atoms. The lowest BCUT2D eigenvalue weighted by molar-refractivity contribution is -0.119. The quantitative estimate of drug-likeness (QED) is 0.547. The normalized spacial score (nSPS) is 10.5. The van der Waals surface area contributed by atoms with Crippen LogP contribution in [0.5, 0.6) is 5.75 Å². The average molecular weight is 411 g/mol. The molecule has 3 aromatic rings. The summed E-state index contributed by atoms with van der Waals surface area (Å²) in [5.74, 6) is -1.50. The summed E-state index contributed by atoms with van der Waals surface area (Å²) in [5, 5.41) is 2.40. The van der Waals surface area contributed by atoms with E-state index in [1.54, 1.807) is 18.2 Å². The summed E-state index contributed by atoms with van der Waals surface area (Å²) in [6.45, 7) is -3.59. The first kappa shape index (κ1) is 21.0. The second-order valence-electron chi connectivity index (χ2n) is 6.32. The van der Waals surface area contributed by atoms with Crippen LogP contribution < -0.4 is 10.1 Å². The first-order valence-electron chi connectivity index (χ1n) is 9.15. The first-order valence-corrected chi connectivity index (χ1v) is 9.15. The van der Waals surface area contributed by atoms with Gasteiger partial charge in [0.15, 0.2) is 6.61 Å². The second-order valence-corrected chi connectivity index (χ2v) is 6.32. The summed E-state index contributed by atoms with van der Waals surface area (Å²) in [5.41, 5.74) is 2.22. The number of hydrogen-bond acceptors (Lipinski definition) is 4. The zero-order chi connectivity index (χ0) is 21.3. The molecule has 0 aliphatic heterocycles. The van der Waals surface area contributed by atoms with Crippen LogP contribution in [0.25, 0.3) is 0 Å². The van der Waals surface area contributed by atoms with Crippen LogP contribution in [0, 0.1) is 0 Å². The van der Waals surface area contributed by atoms with Gasteiger partial charge in [0.25, 0.3) is 5.91 Å². The summed E-state index contributed by atoms with van der Waals surface area (Å²) in [7, 11) is 0. The van der Waals surface area contributed by atoms with Crippen molar-refractivity contribution in [2.75, 3.05) is 11.9 Å². The number of ether oxygens (including phenoxy) is 2. The fourth-order valence-electron chi connectivity index (χ4n) is 2.85. The Kier molecular flexibility index (Phi) is 7.10. The fraction of sp³-hybridized carbons (Fsp3) is 0.130. The topological polar surface area (TPSA) is 64.6 Å². The van der Waals surface area contributed by atoms with Crippen molar-refractivity contribution in [3.63, 3.8) is 0 Å². The van der Waals surface area contributed by atoms with E-state index < -0.39 is 25.1 Å². The van der Waals surface area contributed by atoms with E-state index in [1.165, 1.54) is 18.2 Å². The lowest BCUT2D eigenvalue weighted by Crippen LogP contribution is -2.22. The largest absolute Gasteiger partial charge is 0.452 e. The van der Waals surface area contributed by atoms with Gasteiger partial charge in [0.2, 0.25) is 0 Å². The predicted octanol–water partition coefficient (Wildman–Crippen LogP) is 4.67. The summed E-state index contributed by atoms with van der Waals surface area (Å²) in [6, 6.07) is 22.4. The molecule has 0 fully saturated rings. The first-order chi connectivity index (χ1) is 14.5. The number of alkyl halides is 2. The Labute approximate surface area is 172 Å². The van der Waals surface area contributed by atoms with Crippen LogP contribution in [0.15, 0.2) is 78.9 Å². The van der Waals surface area contributed by atoms with E-state index in [1.807, 2.05) is 42.5 Å². The van der Waals surface area contributed by atoms with Crippen molar-refractivity contribution in [2.45, 2.75) is 13.0 Å². The van der Waals surface area contributed by atoms with E-state index in [0.717, 1.165) is 11.1 Å². The summed E-state index contributed by atoms with van der Waals surface area (Å²) in [4.78, 5) is 24.6. The number of rotatable bonds is 8. The molecule has 0 saturated heterocycles. The monoisotopic (exact) mass is 411 g/mol. The van der Waals surface area contributed by atoms with Crippen LogP contribution in [0.4, 0.5) is 14.5 Å². The number of para-hydroxylation sites is 2. The molecule has 154 valence electrons. The number of amides is 1. The third-order valence-electron chi connectivity index (χ3n) is 4.19. The molecule has 7 heteroatoms. The van der Waals surface area contributed by atoms with Crippen molar-refractivity contribution in [2.24, 2.45) is 0 Å². The minimum atomic E-state index is -3.03. The number of carbonyl (C=O) groups is 2. The Morgan fingerprint density at radius 1 is 0.867 bits per heavy atom. The number of benzene rings is 3. The Balaban J connectivity index is 1.62. The zero-order valence-electron chi connectivity index (χ0n) is 15.9. The van der Waals surface area contributed by atoms with E-state index in [-0.39, 0.29) is 11.4 Å². The number of nitrogens with one attached hydrogen (secondary N) is 1. The van der Waals surface area contributed by atoms with Gasteiger partial charge in [-0.2, -0.15) is 8.78 Å². The third kappa shape index (κ3) is 5.88. The minimum Gasteiger partial charge on any atom is -0.452 e. The van der Waals surface area contributed by atoms with Crippen molar-refractivity contribution in [1.29, 1.82) is 0 Å². The Morgan fingerprint density at radius 3 is 2.30 bits per heavy atom. The standard InChI is InChI=1S/C23H19F2NO4/c24-23(25)30-20-13-7-6-12-19(20)26-21(27)15-29-22(28)18-11-5-4-10-17(18)14-16-8-2-1-3-9-16/h1-13,23H,14-15H2,(H,26,27). The molecule has 1 amide bonds. The van der Waals surface area contributed by atoms with Crippen molar-refractivity contribution >= 4 is 17.6 Å². The predicted molar refractivity (Wildman–Crippen MR) is 108 cm³/mol. The molecule has 0 aromatic heterocycles. The molecule has 0 bridgehead atoms. The van der Waals surface area contributed by atoms with Crippen molar-refractivity contribution in [3.8, 4) is 5.75 Å². The zero-order valence-corrected chi connectivity index (χ0v) is 15.9. The Bertz CT molecular complexity index is 1010. The van der Waals surface area contributed by atoms with Gasteiger partial charge in [0.05, 0.1) is 11.3 Å². The fourth-order valence-corrected chi connectivity index (χ4v) is 2.85. The highest BCUT2D eigenvalue weighted by Gasteiger charge is 2.16. The highest BCUT2D eigenvalue weighted by atomic mass is 19.3. The van der Waals surface area contributed by atoms with Gasteiger partial charge in [-0.25, -0.2) is 4.79 Å². The van der Waals surface area contributed by atoms with E-state index in [2.05, 4.69) is 10.1 Å².